The fourth-order valence-corrected chi connectivity index (χ4v) is 1.41. The Morgan fingerprint density at radius 2 is 1.69 bits per heavy atom. The Balaban J connectivity index is 4.07. The fourth-order valence-electron chi connectivity index (χ4n) is 1.41. The second-order valence-corrected chi connectivity index (χ2v) is 3.71. The number of amides is 2. The highest BCUT2D eigenvalue weighted by atomic mass is 16.2. The van der Waals surface area contributed by atoms with Crippen LogP contribution in [0.2, 0.25) is 0 Å². The van der Waals surface area contributed by atoms with Crippen LogP contribution >= 0.6 is 0 Å². The Kier molecular flexibility index (Phi) is 7.54. The fraction of sp³-hybridized carbons (Fsp3) is 0.818. The molecule has 0 fully saturated rings. The Labute approximate surface area is 97.6 Å². The number of hydrogen-bond acceptors (Lipinski definition) is 3. The number of hydrogen-bond donors (Lipinski definition) is 1. The molecule has 16 heavy (non-hydrogen) atoms. The molecule has 94 valence electrons. The van der Waals surface area contributed by atoms with Gasteiger partial charge in [-0.25, -0.2) is 0 Å². The van der Waals surface area contributed by atoms with Crippen molar-refractivity contribution in [1.29, 1.82) is 0 Å². The average Bonchev–Trinajstić information content (AvgIpc) is 2.27. The zero-order valence-electron chi connectivity index (χ0n) is 10.5. The normalized spacial score (nSPS) is 10.0. The Bertz CT molecular complexity index is 227. The summed E-state index contributed by atoms with van der Waals surface area (Å²) in [5.41, 5.74) is 5.32. The van der Waals surface area contributed by atoms with Gasteiger partial charge >= 0.3 is 0 Å². The molecule has 2 amide bonds. The summed E-state index contributed by atoms with van der Waals surface area (Å²) in [5.74, 6) is -0.0282. The molecule has 0 saturated carbocycles. The summed E-state index contributed by atoms with van der Waals surface area (Å²) in [6.45, 7) is 5.88. The molecule has 0 unspecified atom stereocenters. The van der Waals surface area contributed by atoms with Crippen molar-refractivity contribution in [2.45, 2.75) is 26.7 Å². The van der Waals surface area contributed by atoms with Crippen molar-refractivity contribution in [3.63, 3.8) is 0 Å². The lowest BCUT2D eigenvalue weighted by atomic mass is 10.3. The van der Waals surface area contributed by atoms with Gasteiger partial charge in [0.25, 0.3) is 0 Å². The lowest BCUT2D eigenvalue weighted by Crippen LogP contribution is -2.41. The summed E-state index contributed by atoms with van der Waals surface area (Å²) in [7, 11) is 1.65. The van der Waals surface area contributed by atoms with E-state index in [4.69, 9.17) is 5.73 Å². The number of nitrogens with two attached hydrogens (primary N) is 1. The van der Waals surface area contributed by atoms with E-state index in [0.29, 0.717) is 32.5 Å². The van der Waals surface area contributed by atoms with E-state index in [1.165, 1.54) is 4.90 Å². The highest BCUT2D eigenvalue weighted by Crippen LogP contribution is 1.97. The summed E-state index contributed by atoms with van der Waals surface area (Å²) in [5, 5.41) is 0. The van der Waals surface area contributed by atoms with Gasteiger partial charge in [0.05, 0.1) is 6.54 Å². The molecule has 0 saturated heterocycles. The zero-order chi connectivity index (χ0) is 12.6. The van der Waals surface area contributed by atoms with Crippen LogP contribution in [-0.2, 0) is 9.59 Å². The first-order chi connectivity index (χ1) is 7.56. The number of carbonyl (C=O) groups is 2. The van der Waals surface area contributed by atoms with E-state index in [0.717, 1.165) is 0 Å². The molecule has 5 nitrogen and oxygen atoms in total. The van der Waals surface area contributed by atoms with Crippen molar-refractivity contribution in [3.05, 3.63) is 0 Å². The van der Waals surface area contributed by atoms with Gasteiger partial charge in [0.15, 0.2) is 0 Å². The lowest BCUT2D eigenvalue weighted by Gasteiger charge is -2.23. The van der Waals surface area contributed by atoms with Crippen molar-refractivity contribution in [3.8, 4) is 0 Å². The van der Waals surface area contributed by atoms with Gasteiger partial charge in [0, 0.05) is 26.6 Å². The molecule has 0 aliphatic carbocycles. The topological polar surface area (TPSA) is 66.6 Å². The van der Waals surface area contributed by atoms with Crippen LogP contribution in [0.4, 0.5) is 0 Å². The molecule has 0 aromatic carbocycles. The third-order valence-corrected chi connectivity index (χ3v) is 2.51. The maximum atomic E-state index is 11.7. The van der Waals surface area contributed by atoms with Crippen LogP contribution in [0.3, 0.4) is 0 Å². The Morgan fingerprint density at radius 3 is 2.12 bits per heavy atom. The van der Waals surface area contributed by atoms with E-state index >= 15 is 0 Å². The maximum Gasteiger partial charge on any atom is 0.242 e. The second-order valence-electron chi connectivity index (χ2n) is 3.71. The molecule has 0 atom stereocenters. The van der Waals surface area contributed by atoms with Crippen LogP contribution < -0.4 is 5.73 Å². The first-order valence-electron chi connectivity index (χ1n) is 5.78. The van der Waals surface area contributed by atoms with E-state index in [1.54, 1.807) is 11.9 Å². The molecule has 0 heterocycles. The monoisotopic (exact) mass is 229 g/mol. The first kappa shape index (κ1) is 14.9. The van der Waals surface area contributed by atoms with Gasteiger partial charge in [0.1, 0.15) is 0 Å². The largest absolute Gasteiger partial charge is 0.342 e. The summed E-state index contributed by atoms with van der Waals surface area (Å²) >= 11 is 0. The zero-order valence-corrected chi connectivity index (χ0v) is 10.5. The number of carbonyl (C=O) groups excluding carboxylic acids is 2. The standard InChI is InChI=1S/C11H23N3O2/c1-4-14(5-2)11(16)9-13(3)10(15)7-6-8-12/h4-9,12H2,1-3H3. The molecular formula is C11H23N3O2. The quantitative estimate of drug-likeness (QED) is 0.671. The minimum absolute atomic E-state index is 0.00593. The molecular weight excluding hydrogens is 206 g/mol. The van der Waals surface area contributed by atoms with E-state index in [-0.39, 0.29) is 18.4 Å². The molecule has 0 aliphatic rings. The van der Waals surface area contributed by atoms with Gasteiger partial charge in [-0.1, -0.05) is 0 Å². The summed E-state index contributed by atoms with van der Waals surface area (Å²) in [6.07, 6.45) is 1.08. The predicted molar refractivity (Wildman–Crippen MR) is 63.9 cm³/mol. The molecule has 0 aliphatic heterocycles. The Morgan fingerprint density at radius 1 is 1.12 bits per heavy atom. The lowest BCUT2D eigenvalue weighted by molar-refractivity contribution is -0.139. The summed E-state index contributed by atoms with van der Waals surface area (Å²) in [4.78, 5) is 26.4. The van der Waals surface area contributed by atoms with Crippen molar-refractivity contribution >= 4 is 11.8 Å². The van der Waals surface area contributed by atoms with Gasteiger partial charge in [-0.2, -0.15) is 0 Å². The Hall–Kier alpha value is -1.10. The minimum Gasteiger partial charge on any atom is -0.342 e. The van der Waals surface area contributed by atoms with Gasteiger partial charge in [0.2, 0.25) is 11.8 Å². The SMILES string of the molecule is CCN(CC)C(=O)CN(C)C(=O)CCCN. The molecule has 0 rings (SSSR count). The number of nitrogens with zero attached hydrogens (tertiary/aromatic N) is 2. The smallest absolute Gasteiger partial charge is 0.242 e. The molecule has 0 radical (unpaired) electrons. The van der Waals surface area contributed by atoms with Crippen LogP contribution in [-0.4, -0.2) is 54.8 Å². The summed E-state index contributed by atoms with van der Waals surface area (Å²) in [6, 6.07) is 0. The molecule has 0 spiro atoms. The highest BCUT2D eigenvalue weighted by molar-refractivity contribution is 5.84. The van der Waals surface area contributed by atoms with E-state index in [9.17, 15) is 9.59 Å². The van der Waals surface area contributed by atoms with Gasteiger partial charge in [-0.15, -0.1) is 0 Å². The number of likely N-dealkylation sites (N-methyl/N-ethyl adjacent to an activating group) is 2. The maximum absolute atomic E-state index is 11.7. The van der Waals surface area contributed by atoms with Crippen LogP contribution in [0.5, 0.6) is 0 Å². The van der Waals surface area contributed by atoms with Crippen molar-refractivity contribution in [2.24, 2.45) is 5.73 Å². The first-order valence-corrected chi connectivity index (χ1v) is 5.78. The van der Waals surface area contributed by atoms with Crippen molar-refractivity contribution in [1.82, 2.24) is 9.80 Å². The van der Waals surface area contributed by atoms with Crippen LogP contribution in [0.25, 0.3) is 0 Å². The van der Waals surface area contributed by atoms with Crippen LogP contribution in [0.1, 0.15) is 26.7 Å². The van der Waals surface area contributed by atoms with Crippen molar-refractivity contribution < 1.29 is 9.59 Å². The third kappa shape index (κ3) is 5.11. The molecule has 0 aromatic rings. The molecule has 0 aromatic heterocycles. The molecule has 2 N–H and O–H groups in total. The predicted octanol–water partition coefficient (Wildman–Crippen LogP) is 0.0521. The second kappa shape index (κ2) is 8.10. The van der Waals surface area contributed by atoms with Gasteiger partial charge in [-0.3, -0.25) is 9.59 Å². The average molecular weight is 229 g/mol. The van der Waals surface area contributed by atoms with E-state index < -0.39 is 0 Å². The summed E-state index contributed by atoms with van der Waals surface area (Å²) < 4.78 is 0. The third-order valence-electron chi connectivity index (χ3n) is 2.51. The molecule has 5 heteroatoms. The van der Waals surface area contributed by atoms with E-state index in [2.05, 4.69) is 0 Å². The highest BCUT2D eigenvalue weighted by Gasteiger charge is 2.15. The van der Waals surface area contributed by atoms with Gasteiger partial charge < -0.3 is 15.5 Å². The van der Waals surface area contributed by atoms with Gasteiger partial charge in [-0.05, 0) is 26.8 Å². The van der Waals surface area contributed by atoms with Crippen LogP contribution in [0.15, 0.2) is 0 Å². The number of rotatable bonds is 7. The van der Waals surface area contributed by atoms with Crippen molar-refractivity contribution in [2.75, 3.05) is 33.2 Å². The molecule has 0 bridgehead atoms. The van der Waals surface area contributed by atoms with Crippen LogP contribution in [0, 0.1) is 0 Å². The van der Waals surface area contributed by atoms with E-state index in [1.807, 2.05) is 13.8 Å². The minimum atomic E-state index is -0.0223.